The molecular formula is C18H22ClNO. The molecule has 112 valence electrons. The number of rotatable bonds is 4. The van der Waals surface area contributed by atoms with Gasteiger partial charge in [-0.25, -0.2) is 0 Å². The fraction of sp³-hybridized carbons (Fsp3) is 0.333. The van der Waals surface area contributed by atoms with E-state index in [0.29, 0.717) is 12.6 Å². The SMILES string of the molecule is Cl.c1ccc(COc2ccc([C@H]3CCCCN3)cc2)cc1. The van der Waals surface area contributed by atoms with Crippen LogP contribution in [0, 0.1) is 0 Å². The maximum absolute atomic E-state index is 5.81. The van der Waals surface area contributed by atoms with Crippen LogP contribution in [0.2, 0.25) is 0 Å². The number of piperidine rings is 1. The third-order valence-corrected chi connectivity index (χ3v) is 3.84. The van der Waals surface area contributed by atoms with Crippen LogP contribution in [0.15, 0.2) is 54.6 Å². The molecule has 3 rings (SSSR count). The van der Waals surface area contributed by atoms with Gasteiger partial charge in [0.1, 0.15) is 12.4 Å². The molecule has 1 atom stereocenters. The molecule has 0 aromatic heterocycles. The predicted octanol–water partition coefficient (Wildman–Crippen LogP) is 4.50. The molecular weight excluding hydrogens is 282 g/mol. The van der Waals surface area contributed by atoms with Crippen LogP contribution >= 0.6 is 12.4 Å². The monoisotopic (exact) mass is 303 g/mol. The Labute approximate surface area is 132 Å². The number of hydrogen-bond donors (Lipinski definition) is 1. The topological polar surface area (TPSA) is 21.3 Å². The largest absolute Gasteiger partial charge is 0.489 e. The van der Waals surface area contributed by atoms with Gasteiger partial charge >= 0.3 is 0 Å². The van der Waals surface area contributed by atoms with E-state index in [4.69, 9.17) is 4.74 Å². The van der Waals surface area contributed by atoms with Crippen molar-refractivity contribution in [2.24, 2.45) is 0 Å². The first-order chi connectivity index (χ1) is 9.92. The van der Waals surface area contributed by atoms with E-state index in [-0.39, 0.29) is 12.4 Å². The molecule has 1 saturated heterocycles. The first kappa shape index (κ1) is 15.9. The van der Waals surface area contributed by atoms with E-state index in [1.54, 1.807) is 0 Å². The number of halogens is 1. The van der Waals surface area contributed by atoms with E-state index >= 15 is 0 Å². The number of hydrogen-bond acceptors (Lipinski definition) is 2. The van der Waals surface area contributed by atoms with Crippen LogP contribution in [0.1, 0.15) is 36.4 Å². The molecule has 2 nitrogen and oxygen atoms in total. The highest BCUT2D eigenvalue weighted by atomic mass is 35.5. The molecule has 0 spiro atoms. The van der Waals surface area contributed by atoms with Crippen molar-refractivity contribution in [1.29, 1.82) is 0 Å². The summed E-state index contributed by atoms with van der Waals surface area (Å²) >= 11 is 0. The molecule has 2 aromatic carbocycles. The molecule has 2 aromatic rings. The minimum absolute atomic E-state index is 0. The minimum atomic E-state index is 0. The van der Waals surface area contributed by atoms with Crippen LogP contribution in [0.3, 0.4) is 0 Å². The lowest BCUT2D eigenvalue weighted by molar-refractivity contribution is 0.306. The maximum atomic E-state index is 5.81. The normalized spacial score (nSPS) is 17.8. The Morgan fingerprint density at radius 1 is 0.952 bits per heavy atom. The Bertz CT molecular complexity index is 521. The Balaban J connectivity index is 0.00000161. The molecule has 0 aliphatic carbocycles. The zero-order chi connectivity index (χ0) is 13.6. The van der Waals surface area contributed by atoms with E-state index in [9.17, 15) is 0 Å². The maximum Gasteiger partial charge on any atom is 0.119 e. The summed E-state index contributed by atoms with van der Waals surface area (Å²) in [6.07, 6.45) is 3.86. The van der Waals surface area contributed by atoms with Crippen LogP contribution in [0.4, 0.5) is 0 Å². The lowest BCUT2D eigenvalue weighted by Crippen LogP contribution is -2.26. The first-order valence-electron chi connectivity index (χ1n) is 7.42. The molecule has 0 amide bonds. The van der Waals surface area contributed by atoms with Crippen LogP contribution in [0.5, 0.6) is 5.75 Å². The van der Waals surface area contributed by atoms with Crippen LogP contribution in [0.25, 0.3) is 0 Å². The van der Waals surface area contributed by atoms with E-state index in [1.807, 2.05) is 18.2 Å². The Morgan fingerprint density at radius 3 is 2.38 bits per heavy atom. The zero-order valence-electron chi connectivity index (χ0n) is 12.1. The average molecular weight is 304 g/mol. The predicted molar refractivity (Wildman–Crippen MR) is 89.1 cm³/mol. The van der Waals surface area contributed by atoms with E-state index in [1.165, 1.54) is 30.4 Å². The van der Waals surface area contributed by atoms with Crippen molar-refractivity contribution in [3.8, 4) is 5.75 Å². The van der Waals surface area contributed by atoms with Crippen molar-refractivity contribution in [2.45, 2.75) is 31.9 Å². The zero-order valence-corrected chi connectivity index (χ0v) is 12.9. The summed E-state index contributed by atoms with van der Waals surface area (Å²) in [5.74, 6) is 0.938. The van der Waals surface area contributed by atoms with Crippen LogP contribution in [-0.2, 0) is 6.61 Å². The van der Waals surface area contributed by atoms with Crippen molar-refractivity contribution in [2.75, 3.05) is 6.54 Å². The molecule has 1 fully saturated rings. The Hall–Kier alpha value is -1.51. The van der Waals surface area contributed by atoms with E-state index < -0.39 is 0 Å². The number of benzene rings is 2. The van der Waals surface area contributed by atoms with Gasteiger partial charge < -0.3 is 10.1 Å². The molecule has 0 unspecified atom stereocenters. The fourth-order valence-electron chi connectivity index (χ4n) is 2.67. The van der Waals surface area contributed by atoms with Gasteiger partial charge in [-0.3, -0.25) is 0 Å². The second-order valence-electron chi connectivity index (χ2n) is 5.35. The Kier molecular flexibility index (Phi) is 6.09. The van der Waals surface area contributed by atoms with Crippen molar-refractivity contribution < 1.29 is 4.74 Å². The van der Waals surface area contributed by atoms with Gasteiger partial charge in [0.25, 0.3) is 0 Å². The van der Waals surface area contributed by atoms with E-state index in [0.717, 1.165) is 12.3 Å². The molecule has 0 radical (unpaired) electrons. The van der Waals surface area contributed by atoms with Gasteiger partial charge in [-0.05, 0) is 42.6 Å². The molecule has 0 saturated carbocycles. The van der Waals surface area contributed by atoms with Gasteiger partial charge in [-0.2, -0.15) is 0 Å². The third-order valence-electron chi connectivity index (χ3n) is 3.84. The summed E-state index contributed by atoms with van der Waals surface area (Å²) in [5, 5.41) is 3.57. The first-order valence-corrected chi connectivity index (χ1v) is 7.42. The highest BCUT2D eigenvalue weighted by molar-refractivity contribution is 5.85. The van der Waals surface area contributed by atoms with Crippen molar-refractivity contribution in [3.63, 3.8) is 0 Å². The summed E-state index contributed by atoms with van der Waals surface area (Å²) in [7, 11) is 0. The Morgan fingerprint density at radius 2 is 1.71 bits per heavy atom. The highest BCUT2D eigenvalue weighted by Crippen LogP contribution is 2.24. The molecule has 1 aliphatic heterocycles. The van der Waals surface area contributed by atoms with Gasteiger partial charge in [-0.1, -0.05) is 48.9 Å². The van der Waals surface area contributed by atoms with Gasteiger partial charge in [0.15, 0.2) is 0 Å². The lowest BCUT2D eigenvalue weighted by Gasteiger charge is -2.23. The summed E-state index contributed by atoms with van der Waals surface area (Å²) in [5.41, 5.74) is 2.57. The number of ether oxygens (including phenoxy) is 1. The third kappa shape index (κ3) is 4.48. The molecule has 3 heteroatoms. The van der Waals surface area contributed by atoms with Crippen molar-refractivity contribution in [3.05, 3.63) is 65.7 Å². The summed E-state index contributed by atoms with van der Waals surface area (Å²) in [6.45, 7) is 1.76. The molecule has 0 bridgehead atoms. The molecule has 1 N–H and O–H groups in total. The van der Waals surface area contributed by atoms with Gasteiger partial charge in [0, 0.05) is 6.04 Å². The van der Waals surface area contributed by atoms with Crippen LogP contribution < -0.4 is 10.1 Å². The number of nitrogens with one attached hydrogen (secondary N) is 1. The van der Waals surface area contributed by atoms with Gasteiger partial charge in [0.05, 0.1) is 0 Å². The minimum Gasteiger partial charge on any atom is -0.489 e. The average Bonchev–Trinajstić information content (AvgIpc) is 2.55. The van der Waals surface area contributed by atoms with Gasteiger partial charge in [-0.15, -0.1) is 12.4 Å². The summed E-state index contributed by atoms with van der Waals surface area (Å²) in [4.78, 5) is 0. The summed E-state index contributed by atoms with van der Waals surface area (Å²) < 4.78 is 5.81. The second kappa shape index (κ2) is 8.06. The molecule has 1 heterocycles. The molecule has 21 heavy (non-hydrogen) atoms. The molecule has 1 aliphatic rings. The fourth-order valence-corrected chi connectivity index (χ4v) is 2.67. The standard InChI is InChI=1S/C18H21NO.ClH/c1-2-6-15(7-3-1)14-20-17-11-9-16(10-12-17)18-8-4-5-13-19-18;/h1-3,6-7,9-12,18-19H,4-5,8,13-14H2;1H/t18-;/m1./s1. The van der Waals surface area contributed by atoms with Gasteiger partial charge in [0.2, 0.25) is 0 Å². The quantitative estimate of drug-likeness (QED) is 0.898. The smallest absolute Gasteiger partial charge is 0.119 e. The van der Waals surface area contributed by atoms with Crippen molar-refractivity contribution in [1.82, 2.24) is 5.32 Å². The van der Waals surface area contributed by atoms with Crippen molar-refractivity contribution >= 4 is 12.4 Å². The lowest BCUT2D eigenvalue weighted by atomic mass is 9.98. The second-order valence-corrected chi connectivity index (χ2v) is 5.35. The van der Waals surface area contributed by atoms with E-state index in [2.05, 4.69) is 41.7 Å². The highest BCUT2D eigenvalue weighted by Gasteiger charge is 2.14. The summed E-state index contributed by atoms with van der Waals surface area (Å²) in [6, 6.07) is 19.3. The van der Waals surface area contributed by atoms with Crippen LogP contribution in [-0.4, -0.2) is 6.54 Å².